The summed E-state index contributed by atoms with van der Waals surface area (Å²) in [5.74, 6) is 0.448. The Hall–Kier alpha value is -6.67. The number of aromatic amines is 1. The molecule has 3 N–H and O–H groups in total. The molecule has 9 aromatic rings. The van der Waals surface area contributed by atoms with Gasteiger partial charge in [0.05, 0.1) is 11.1 Å². The average molecular weight is 711 g/mol. The molecule has 4 heteroatoms. The zero-order valence-corrected chi connectivity index (χ0v) is 30.5. The van der Waals surface area contributed by atoms with Crippen molar-refractivity contribution in [2.45, 2.75) is 0 Å². The van der Waals surface area contributed by atoms with Crippen LogP contribution >= 0.6 is 7.92 Å². The first kappa shape index (κ1) is 33.2. The lowest BCUT2D eigenvalue weighted by Crippen LogP contribution is -2.40. The molecule has 54 heavy (non-hydrogen) atoms. The number of nitrogens with zero attached hydrogens (tertiary/aromatic N) is 1. The molecule has 0 bridgehead atoms. The van der Waals surface area contributed by atoms with Crippen molar-refractivity contribution in [2.24, 2.45) is 4.99 Å². The van der Waals surface area contributed by atoms with Crippen molar-refractivity contribution < 1.29 is 5.41 Å². The van der Waals surface area contributed by atoms with E-state index in [1.54, 1.807) is 0 Å². The van der Waals surface area contributed by atoms with Crippen molar-refractivity contribution in [2.75, 3.05) is 0 Å². The van der Waals surface area contributed by atoms with E-state index in [2.05, 4.69) is 205 Å². The lowest BCUT2D eigenvalue weighted by Gasteiger charge is -2.20. The molecule has 0 aliphatic carbocycles. The molecule has 0 radical (unpaired) electrons. The van der Waals surface area contributed by atoms with Gasteiger partial charge in [0, 0.05) is 6.20 Å². The molecule has 0 saturated heterocycles. The maximum Gasteiger partial charge on any atom is 0.324 e. The van der Waals surface area contributed by atoms with Crippen LogP contribution < -0.4 is 26.8 Å². The van der Waals surface area contributed by atoms with Gasteiger partial charge in [0.2, 0.25) is 0 Å². The lowest BCUT2D eigenvalue weighted by molar-refractivity contribution is -0.114. The average Bonchev–Trinajstić information content (AvgIpc) is 3.24. The zero-order valence-electron chi connectivity index (χ0n) is 29.6. The Morgan fingerprint density at radius 3 is 1.57 bits per heavy atom. The van der Waals surface area contributed by atoms with Crippen LogP contribution in [0.4, 0.5) is 0 Å². The quantitative estimate of drug-likeness (QED) is 0.0942. The van der Waals surface area contributed by atoms with E-state index in [1.165, 1.54) is 43.0 Å². The van der Waals surface area contributed by atoms with E-state index in [0.717, 1.165) is 33.4 Å². The molecule has 0 fully saturated rings. The van der Waals surface area contributed by atoms with Crippen LogP contribution in [-0.2, 0) is 0 Å². The minimum atomic E-state index is -0.698. The Morgan fingerprint density at radius 2 is 0.926 bits per heavy atom. The summed E-state index contributed by atoms with van der Waals surface area (Å²) in [6.07, 6.45) is 2.02. The fraction of sp³-hybridized carbons (Fsp3) is 0. The molecule has 0 aliphatic rings. The van der Waals surface area contributed by atoms with Gasteiger partial charge >= 0.3 is 5.84 Å². The zero-order chi connectivity index (χ0) is 36.3. The van der Waals surface area contributed by atoms with Crippen LogP contribution in [0.25, 0.3) is 54.9 Å². The summed E-state index contributed by atoms with van der Waals surface area (Å²) in [5, 5.41) is 15.6. The van der Waals surface area contributed by atoms with Crippen LogP contribution in [0.15, 0.2) is 211 Å². The van der Waals surface area contributed by atoms with Gasteiger partial charge < -0.3 is 4.98 Å². The summed E-state index contributed by atoms with van der Waals surface area (Å²) in [5.41, 5.74) is 8.14. The predicted molar refractivity (Wildman–Crippen MR) is 229 cm³/mol. The first-order valence-electron chi connectivity index (χ1n) is 18.2. The van der Waals surface area contributed by atoms with E-state index < -0.39 is 7.92 Å². The van der Waals surface area contributed by atoms with Gasteiger partial charge in [0.1, 0.15) is 0 Å². The van der Waals surface area contributed by atoms with E-state index in [4.69, 9.17) is 10.4 Å². The van der Waals surface area contributed by atoms with Gasteiger partial charge in [-0.05, 0) is 115 Å². The van der Waals surface area contributed by atoms with Crippen LogP contribution in [0.2, 0.25) is 0 Å². The van der Waals surface area contributed by atoms with Crippen molar-refractivity contribution >= 4 is 51.2 Å². The van der Waals surface area contributed by atoms with Gasteiger partial charge in [-0.15, -0.1) is 0 Å². The monoisotopic (exact) mass is 710 g/mol. The molecular formula is C50H37N3P+. The number of nitrogens with one attached hydrogen (secondary N) is 1. The number of aromatic nitrogens is 1. The molecule has 0 saturated carbocycles. The highest BCUT2D eigenvalue weighted by Crippen LogP contribution is 2.34. The normalized spacial score (nSPS) is 11.7. The third-order valence-corrected chi connectivity index (χ3v) is 12.4. The van der Waals surface area contributed by atoms with Crippen LogP contribution in [0.5, 0.6) is 0 Å². The number of nitrogens with two attached hydrogens (primary N) is 1. The molecule has 1 heterocycles. The SMILES string of the molecule is [NH2+]=C(N=c1[nH]cc(-c2ccc3ccccc3c2)cc1-c1ccc2ccccc2c1)c1ccc(-c2cccc(P(c3ccccc3)c3ccccc3)c2)cc1. The highest BCUT2D eigenvalue weighted by molar-refractivity contribution is 7.79. The van der Waals surface area contributed by atoms with E-state index in [9.17, 15) is 0 Å². The van der Waals surface area contributed by atoms with Crippen LogP contribution in [0, 0.1) is 0 Å². The number of pyridine rings is 1. The van der Waals surface area contributed by atoms with Crippen LogP contribution in [0.1, 0.15) is 5.56 Å². The van der Waals surface area contributed by atoms with Crippen molar-refractivity contribution in [3.8, 4) is 33.4 Å². The number of H-pyrrole nitrogens is 1. The summed E-state index contributed by atoms with van der Waals surface area (Å²) in [4.78, 5) is 8.53. The highest BCUT2D eigenvalue weighted by Gasteiger charge is 2.18. The van der Waals surface area contributed by atoms with Gasteiger partial charge in [-0.2, -0.15) is 0 Å². The summed E-state index contributed by atoms with van der Waals surface area (Å²) in [6, 6.07) is 71.2. The van der Waals surface area contributed by atoms with E-state index in [-0.39, 0.29) is 0 Å². The molecule has 0 atom stereocenters. The second-order valence-corrected chi connectivity index (χ2v) is 15.6. The Bertz CT molecular complexity index is 2800. The molecule has 0 unspecified atom stereocenters. The number of amidine groups is 1. The number of rotatable bonds is 7. The van der Waals surface area contributed by atoms with Crippen molar-refractivity contribution in [1.29, 1.82) is 0 Å². The Kier molecular flexibility index (Phi) is 9.07. The standard InChI is InChI=1S/C50H36N3P/c51-49(38-26-22-37(23-27-38)41-16-11-21-47(32-41)54(45-17-3-1-4-18-45)46-19-5-2-6-20-46)53-50-48(43-29-25-36-13-8-10-15-40(36)31-43)33-44(34-52-50)42-28-24-35-12-7-9-14-39(35)30-42/h1-34H,(H2,51,52,53)/p+1. The van der Waals surface area contributed by atoms with Crippen molar-refractivity contribution in [3.05, 3.63) is 217 Å². The van der Waals surface area contributed by atoms with Gasteiger partial charge in [-0.25, -0.2) is 0 Å². The number of fused-ring (bicyclic) bond motifs is 2. The number of benzene rings is 8. The van der Waals surface area contributed by atoms with Crippen molar-refractivity contribution in [1.82, 2.24) is 4.98 Å². The van der Waals surface area contributed by atoms with Crippen molar-refractivity contribution in [3.63, 3.8) is 0 Å². The third-order valence-electron chi connectivity index (χ3n) is 9.94. The van der Waals surface area contributed by atoms with E-state index in [0.29, 0.717) is 11.3 Å². The molecule has 1 aromatic heterocycles. The predicted octanol–water partition coefficient (Wildman–Crippen LogP) is 9.19. The molecule has 0 aliphatic heterocycles. The minimum Gasteiger partial charge on any atom is -0.325 e. The Labute approximate surface area is 316 Å². The Balaban J connectivity index is 1.06. The summed E-state index contributed by atoms with van der Waals surface area (Å²) in [6.45, 7) is 0. The molecule has 3 nitrogen and oxygen atoms in total. The molecule has 8 aromatic carbocycles. The fourth-order valence-corrected chi connectivity index (χ4v) is 9.48. The second kappa shape index (κ2) is 14.8. The maximum atomic E-state index is 6.79. The molecule has 0 spiro atoms. The van der Waals surface area contributed by atoms with Crippen LogP contribution in [-0.4, -0.2) is 10.8 Å². The van der Waals surface area contributed by atoms with Gasteiger partial charge in [-0.3, -0.25) is 5.41 Å². The molecule has 256 valence electrons. The Morgan fingerprint density at radius 1 is 0.407 bits per heavy atom. The van der Waals surface area contributed by atoms with E-state index in [1.807, 2.05) is 6.20 Å². The number of hydrogen-bond acceptors (Lipinski definition) is 0. The highest BCUT2D eigenvalue weighted by atomic mass is 31.1. The first-order chi connectivity index (χ1) is 26.7. The minimum absolute atomic E-state index is 0.448. The maximum absolute atomic E-state index is 6.79. The smallest absolute Gasteiger partial charge is 0.324 e. The first-order valence-corrected chi connectivity index (χ1v) is 19.5. The molecule has 9 rings (SSSR count). The summed E-state index contributed by atoms with van der Waals surface area (Å²) >= 11 is 0. The summed E-state index contributed by atoms with van der Waals surface area (Å²) < 4.78 is 0. The summed E-state index contributed by atoms with van der Waals surface area (Å²) in [7, 11) is -0.698. The lowest BCUT2D eigenvalue weighted by atomic mass is 9.98. The van der Waals surface area contributed by atoms with Crippen LogP contribution in [0.3, 0.4) is 0 Å². The molecular weight excluding hydrogens is 674 g/mol. The second-order valence-electron chi connectivity index (χ2n) is 13.4. The van der Waals surface area contributed by atoms with Gasteiger partial charge in [-0.1, -0.05) is 164 Å². The largest absolute Gasteiger partial charge is 0.325 e. The van der Waals surface area contributed by atoms with Gasteiger partial charge in [0.15, 0.2) is 0 Å². The molecule has 0 amide bonds. The topological polar surface area (TPSA) is 53.7 Å². The third kappa shape index (κ3) is 6.81. The fourth-order valence-electron chi connectivity index (χ4n) is 7.14. The van der Waals surface area contributed by atoms with E-state index >= 15 is 0 Å². The van der Waals surface area contributed by atoms with Gasteiger partial charge in [0.25, 0.3) is 5.49 Å². The number of hydrogen-bond donors (Lipinski definition) is 2.